The lowest BCUT2D eigenvalue weighted by Crippen LogP contribution is -2.64. The van der Waals surface area contributed by atoms with Crippen LogP contribution in [0.5, 0.6) is 11.5 Å². The van der Waals surface area contributed by atoms with Gasteiger partial charge in [-0.1, -0.05) is 57.0 Å². The maximum atomic E-state index is 15.0. The molecule has 4 saturated heterocycles. The number of hydrogen-bond acceptors (Lipinski definition) is 22. The van der Waals surface area contributed by atoms with Gasteiger partial charge in [0, 0.05) is 82.6 Å². The molecule has 4 aliphatic rings. The Balaban J connectivity index is 0.00000714. The number of phenols is 1. The Bertz CT molecular complexity index is 3160. The van der Waals surface area contributed by atoms with Crippen molar-refractivity contribution < 1.29 is 84.2 Å². The van der Waals surface area contributed by atoms with Crippen LogP contribution in [0.15, 0.2) is 72.9 Å². The first kappa shape index (κ1) is 77.7. The first-order valence-electron chi connectivity index (χ1n) is 31.9. The molecule has 3 aromatic carbocycles. The minimum absolute atomic E-state index is 0. The largest absolute Gasteiger partial charge is 0.504 e. The van der Waals surface area contributed by atoms with Crippen LogP contribution in [0, 0.1) is 5.92 Å². The van der Waals surface area contributed by atoms with Gasteiger partial charge in [-0.2, -0.15) is 0 Å². The standard InChI is InChI=1S/C65H92N10O17S.2ClH/c1-6-7-19-65(92-5)20-23-73(24-21-65)43-15-13-41(14-16-43)62-69-31-52(93-62)40-11-8-38(9-12-40)29-67-46-27-44(79)30-68-61(88)56-57(84)36(2)32-75(56)64(90)55(49(82)18-22-66-42(34-76)35-77)72-60(87)54(50(83)25-39-10-17-48(81)51(26-39)91-4)71-59(86)47-28-45(80)33-74(47)63(89)53(37(3)78)70-58(46)85;;/h8-17,26,31,36-37,42,44-47,49-50,53-57,66-67,76-84H,6-7,18-25,27-30,32-35H2,1-5H3,(H,68,88)(H,70,85)(H,71,86)(H,72,87);2*1H/t36-,37+,44+,45+,46-,47-,49+,50+,53-,54-,55-,56-,57-;;/m0../s1. The van der Waals surface area contributed by atoms with Crippen LogP contribution < -0.4 is 41.5 Å². The van der Waals surface area contributed by atoms with Gasteiger partial charge in [0.05, 0.1) is 79.5 Å². The second kappa shape index (κ2) is 35.8. The number of amides is 6. The molecule has 0 unspecified atom stereocenters. The van der Waals surface area contributed by atoms with Gasteiger partial charge in [0.15, 0.2) is 11.5 Å². The molecule has 15 N–H and O–H groups in total. The van der Waals surface area contributed by atoms with Crippen LogP contribution >= 0.6 is 36.2 Å². The van der Waals surface area contributed by atoms with E-state index in [1.165, 1.54) is 43.6 Å². The van der Waals surface area contributed by atoms with Crippen molar-refractivity contribution in [3.63, 3.8) is 0 Å². The third kappa shape index (κ3) is 19.5. The Kier molecular flexibility index (Phi) is 29.2. The van der Waals surface area contributed by atoms with Crippen LogP contribution in [0.3, 0.4) is 0 Å². The summed E-state index contributed by atoms with van der Waals surface area (Å²) < 4.78 is 11.2. The fraction of sp³-hybridized carbons (Fsp3) is 0.585. The number of unbranched alkanes of at least 4 members (excludes halogenated alkanes) is 1. The summed E-state index contributed by atoms with van der Waals surface area (Å²) in [7, 11) is 3.10. The maximum Gasteiger partial charge on any atom is 0.248 e. The predicted molar refractivity (Wildman–Crippen MR) is 358 cm³/mol. The van der Waals surface area contributed by atoms with Crippen molar-refractivity contribution in [2.45, 2.75) is 170 Å². The molecule has 4 fully saturated rings. The molecule has 27 nitrogen and oxygen atoms in total. The monoisotopic (exact) mass is 1390 g/mol. The zero-order valence-electron chi connectivity index (χ0n) is 54.0. The topological polar surface area (TPSA) is 398 Å². The number of aliphatic hydroxyl groups is 8. The number of hydrogen-bond donors (Lipinski definition) is 15. The second-order valence-electron chi connectivity index (χ2n) is 25.0. The van der Waals surface area contributed by atoms with Crippen LogP contribution in [0.4, 0.5) is 5.69 Å². The number of anilines is 1. The number of aromatic hydroxyl groups is 1. The van der Waals surface area contributed by atoms with E-state index in [9.17, 15) is 74.7 Å². The third-order valence-corrected chi connectivity index (χ3v) is 19.4. The van der Waals surface area contributed by atoms with Crippen LogP contribution in [0.2, 0.25) is 0 Å². The van der Waals surface area contributed by atoms with Gasteiger partial charge < -0.3 is 102 Å². The van der Waals surface area contributed by atoms with Crippen LogP contribution in [-0.2, 0) is 46.5 Å². The molecule has 0 aliphatic carbocycles. The highest BCUT2D eigenvalue weighted by atomic mass is 35.5. The fourth-order valence-electron chi connectivity index (χ4n) is 12.6. The van der Waals surface area contributed by atoms with Crippen molar-refractivity contribution in [3.05, 3.63) is 84.1 Å². The molecule has 1 aromatic heterocycles. The average molecular weight is 1390 g/mol. The molecule has 4 aromatic rings. The molecule has 0 radical (unpaired) electrons. The van der Waals surface area contributed by atoms with Crippen molar-refractivity contribution in [2.75, 3.05) is 71.6 Å². The number of fused-ring (bicyclic) bond motifs is 2. The number of nitrogens with zero attached hydrogens (tertiary/aromatic N) is 4. The van der Waals surface area contributed by atoms with Crippen molar-refractivity contribution >= 4 is 77.3 Å². The molecule has 526 valence electrons. The summed E-state index contributed by atoms with van der Waals surface area (Å²) >= 11 is 1.53. The van der Waals surface area contributed by atoms with Gasteiger partial charge in [0.1, 0.15) is 35.2 Å². The normalized spacial score (nSPS) is 25.8. The number of halogens is 2. The number of nitrogens with one attached hydrogen (secondary N) is 6. The van der Waals surface area contributed by atoms with Crippen LogP contribution in [-0.4, -0.2) is 247 Å². The summed E-state index contributed by atoms with van der Waals surface area (Å²) in [5, 5.41) is 116. The lowest BCUT2D eigenvalue weighted by Gasteiger charge is -2.42. The number of piperidine rings is 1. The third-order valence-electron chi connectivity index (χ3n) is 18.3. The molecule has 95 heavy (non-hydrogen) atoms. The minimum Gasteiger partial charge on any atom is -0.504 e. The number of ether oxygens (including phenoxy) is 2. The molecule has 4 aliphatic heterocycles. The summed E-state index contributed by atoms with van der Waals surface area (Å²) in [5.41, 5.74) is 3.90. The van der Waals surface area contributed by atoms with Gasteiger partial charge in [0.25, 0.3) is 0 Å². The SMILES string of the molecule is CCCCC1(OC)CCN(c2ccc(-c3ncc(-c4ccc(CN[C@H]5C[C@@H](O)CNC(=O)[C@@H]6[C@@H](O)[C@@H](C)CN6C(=O)[C@H]([C@H](O)CCNC(CO)CO)NC(=O)[C@H]([C@H](O)Cc6ccc(O)c(OC)c6)NC(=O)[C@@H]6C[C@@H](O)CN6C(=O)[C@H]([C@@H](C)O)NC5=O)cc4)s3)cc2)CC1.Cl.Cl. The van der Waals surface area contributed by atoms with Crippen molar-refractivity contribution in [3.8, 4) is 32.5 Å². The Hall–Kier alpha value is -6.35. The highest BCUT2D eigenvalue weighted by Crippen LogP contribution is 2.37. The number of methoxy groups -OCH3 is 2. The number of phenolic OH excluding ortho intramolecular Hbond substituents is 1. The molecule has 8 rings (SSSR count). The fourth-order valence-corrected chi connectivity index (χ4v) is 13.5. The Labute approximate surface area is 569 Å². The van der Waals surface area contributed by atoms with E-state index in [4.69, 9.17) is 14.5 Å². The first-order valence-corrected chi connectivity index (χ1v) is 32.7. The second-order valence-corrected chi connectivity index (χ2v) is 26.0. The Morgan fingerprint density at radius 2 is 1.40 bits per heavy atom. The molecule has 5 heterocycles. The van der Waals surface area contributed by atoms with Gasteiger partial charge in [0.2, 0.25) is 35.4 Å². The first-order chi connectivity index (χ1) is 44.5. The van der Waals surface area contributed by atoms with Crippen molar-refractivity contribution in [1.29, 1.82) is 0 Å². The number of aliphatic hydroxyl groups excluding tert-OH is 8. The zero-order chi connectivity index (χ0) is 67.3. The van der Waals surface area contributed by atoms with Crippen LogP contribution in [0.25, 0.3) is 21.0 Å². The van der Waals surface area contributed by atoms with E-state index < -0.39 is 166 Å². The lowest BCUT2D eigenvalue weighted by molar-refractivity contribution is -0.147. The highest BCUT2D eigenvalue weighted by molar-refractivity contribution is 7.18. The van der Waals surface area contributed by atoms with Gasteiger partial charge in [-0.3, -0.25) is 28.8 Å². The Morgan fingerprint density at radius 3 is 2.04 bits per heavy atom. The molecule has 0 bridgehead atoms. The predicted octanol–water partition coefficient (Wildman–Crippen LogP) is -0.148. The number of aromatic nitrogens is 1. The molecule has 0 saturated carbocycles. The molecule has 6 amide bonds. The van der Waals surface area contributed by atoms with Gasteiger partial charge in [-0.15, -0.1) is 36.2 Å². The van der Waals surface area contributed by atoms with Crippen LogP contribution in [0.1, 0.15) is 83.3 Å². The summed E-state index contributed by atoms with van der Waals surface area (Å²) in [6.07, 6.45) is -4.31. The smallest absolute Gasteiger partial charge is 0.248 e. The van der Waals surface area contributed by atoms with E-state index in [2.05, 4.69) is 68.0 Å². The van der Waals surface area contributed by atoms with E-state index in [1.54, 1.807) is 13.1 Å². The number of β-amino-alcohol motifs (C(OH)–C–C–N with tert-alkyl or cyclic N) is 1. The molecule has 13 atom stereocenters. The number of carbonyl (C=O) groups is 6. The zero-order valence-corrected chi connectivity index (χ0v) is 56.5. The number of benzene rings is 3. The molecule has 0 spiro atoms. The van der Waals surface area contributed by atoms with E-state index >= 15 is 0 Å². The summed E-state index contributed by atoms with van der Waals surface area (Å²) in [6.45, 7) is 4.32. The lowest BCUT2D eigenvalue weighted by atomic mass is 9.86. The van der Waals surface area contributed by atoms with E-state index in [-0.39, 0.29) is 73.5 Å². The number of thiazole rings is 1. The highest BCUT2D eigenvalue weighted by Gasteiger charge is 2.50. The van der Waals surface area contributed by atoms with E-state index in [0.29, 0.717) is 5.56 Å². The molecule has 30 heteroatoms. The van der Waals surface area contributed by atoms with Gasteiger partial charge >= 0.3 is 0 Å². The Morgan fingerprint density at radius 1 is 0.758 bits per heavy atom. The molecular weight excluding hydrogens is 1300 g/mol. The molecular formula is C65H94Cl2N10O17S. The van der Waals surface area contributed by atoms with Gasteiger partial charge in [-0.05, 0) is 98.7 Å². The van der Waals surface area contributed by atoms with E-state index in [0.717, 1.165) is 81.7 Å². The van der Waals surface area contributed by atoms with Crippen molar-refractivity contribution in [1.82, 2.24) is 46.7 Å². The summed E-state index contributed by atoms with van der Waals surface area (Å²) in [4.78, 5) is 97.9. The number of rotatable bonds is 22. The average Bonchev–Trinajstić information content (AvgIpc) is 1.74. The minimum atomic E-state index is -2.04. The quantitative estimate of drug-likeness (QED) is 0.0487. The summed E-state index contributed by atoms with van der Waals surface area (Å²) in [6, 6.07) is 8.61. The maximum absolute atomic E-state index is 15.0. The van der Waals surface area contributed by atoms with Crippen molar-refractivity contribution in [2.24, 2.45) is 5.92 Å². The van der Waals surface area contributed by atoms with E-state index in [1.807, 2.05) is 31.4 Å². The number of carbonyl (C=O) groups excluding carboxylic acids is 6. The van der Waals surface area contributed by atoms with Gasteiger partial charge in [-0.25, -0.2) is 4.98 Å². The summed E-state index contributed by atoms with van der Waals surface area (Å²) in [5.74, 6) is -7.39.